The average Bonchev–Trinajstić information content (AvgIpc) is 2.54. The van der Waals surface area contributed by atoms with Gasteiger partial charge in [-0.1, -0.05) is 0 Å². The number of carbonyl (C=O) groups excluding carboxylic acids is 1. The van der Waals surface area contributed by atoms with Crippen molar-refractivity contribution in [3.05, 3.63) is 24.3 Å². The summed E-state index contributed by atoms with van der Waals surface area (Å²) in [5, 5.41) is 1.69. The molecule has 108 valence electrons. The lowest BCUT2D eigenvalue weighted by atomic mass is 10.1. The van der Waals surface area contributed by atoms with Crippen LogP contribution < -0.4 is 18.9 Å². The van der Waals surface area contributed by atoms with E-state index in [0.717, 1.165) is 33.8 Å². The van der Waals surface area contributed by atoms with Gasteiger partial charge < -0.3 is 23.7 Å². The van der Waals surface area contributed by atoms with Crippen LogP contribution in [0.3, 0.4) is 0 Å². The fourth-order valence-electron chi connectivity index (χ4n) is 2.05. The zero-order chi connectivity index (χ0) is 15.1. The number of fused-ring (bicyclic) bond motifs is 1. The summed E-state index contributed by atoms with van der Waals surface area (Å²) in [5.74, 6) is 2.89. The van der Waals surface area contributed by atoms with E-state index in [1.807, 2.05) is 31.1 Å². The number of rotatable bonds is 4. The molecule has 0 radical (unpaired) electrons. The highest BCUT2D eigenvalue weighted by molar-refractivity contribution is 6.02. The molecule has 5 nitrogen and oxygen atoms in total. The van der Waals surface area contributed by atoms with Crippen LogP contribution in [0.1, 0.15) is 0 Å². The predicted octanol–water partition coefficient (Wildman–Crippen LogP) is 2.69. The van der Waals surface area contributed by atoms with E-state index in [4.69, 9.17) is 23.7 Å². The Kier molecular flexibility index (Phi) is 5.65. The van der Waals surface area contributed by atoms with Gasteiger partial charge in [0.05, 0.1) is 39.2 Å². The van der Waals surface area contributed by atoms with Crippen LogP contribution in [0.2, 0.25) is 0 Å². The number of methoxy groups -OCH3 is 4. The highest BCUT2D eigenvalue weighted by atomic mass is 16.5. The van der Waals surface area contributed by atoms with Crippen LogP contribution in [0.25, 0.3) is 10.8 Å². The van der Waals surface area contributed by atoms with Crippen molar-refractivity contribution in [1.82, 2.24) is 0 Å². The maximum atomic E-state index is 8.00. The molecule has 0 aromatic heterocycles. The predicted molar refractivity (Wildman–Crippen MR) is 77.3 cm³/mol. The highest BCUT2D eigenvalue weighted by Crippen LogP contribution is 2.43. The van der Waals surface area contributed by atoms with Crippen molar-refractivity contribution in [2.45, 2.75) is 0 Å². The molecule has 0 aliphatic carbocycles. The van der Waals surface area contributed by atoms with Crippen molar-refractivity contribution >= 4 is 17.6 Å². The monoisotopic (exact) mass is 278 g/mol. The van der Waals surface area contributed by atoms with Crippen LogP contribution in [0.5, 0.6) is 23.0 Å². The zero-order valence-electron chi connectivity index (χ0n) is 12.1. The number of ether oxygens (including phenoxy) is 4. The molecule has 5 heteroatoms. The summed E-state index contributed by atoms with van der Waals surface area (Å²) in [5.41, 5.74) is 0. The quantitative estimate of drug-likeness (QED) is 0.860. The molecule has 2 aromatic carbocycles. The Hall–Kier alpha value is -2.43. The van der Waals surface area contributed by atoms with Crippen LogP contribution in [0.4, 0.5) is 0 Å². The van der Waals surface area contributed by atoms with Crippen molar-refractivity contribution in [2.24, 2.45) is 0 Å². The summed E-state index contributed by atoms with van der Waals surface area (Å²) < 4.78 is 21.5. The van der Waals surface area contributed by atoms with Gasteiger partial charge in [0, 0.05) is 0 Å². The van der Waals surface area contributed by atoms with E-state index in [2.05, 4.69) is 0 Å². The molecule has 0 saturated heterocycles. The maximum Gasteiger partial charge on any atom is 0.130 e. The fraction of sp³-hybridized carbons (Fsp3) is 0.267. The number of carbonyl (C=O) groups is 1. The number of hydrogen-bond acceptors (Lipinski definition) is 5. The van der Waals surface area contributed by atoms with Gasteiger partial charge in [0.25, 0.3) is 0 Å². The molecule has 0 fully saturated rings. The third kappa shape index (κ3) is 2.61. The molecule has 0 bridgehead atoms. The Morgan fingerprint density at radius 1 is 0.600 bits per heavy atom. The lowest BCUT2D eigenvalue weighted by molar-refractivity contribution is -0.0979. The highest BCUT2D eigenvalue weighted by Gasteiger charge is 2.16. The van der Waals surface area contributed by atoms with Gasteiger partial charge in [-0.15, -0.1) is 0 Å². The molecule has 0 unspecified atom stereocenters. The Morgan fingerprint density at radius 2 is 0.800 bits per heavy atom. The minimum atomic E-state index is 0.724. The molecule has 0 N–H and O–H groups in total. The van der Waals surface area contributed by atoms with E-state index in [1.54, 1.807) is 28.4 Å². The van der Waals surface area contributed by atoms with Gasteiger partial charge in [0.2, 0.25) is 0 Å². The second-order valence-electron chi connectivity index (χ2n) is 3.69. The van der Waals surface area contributed by atoms with Crippen LogP contribution in [0.15, 0.2) is 24.3 Å². The topological polar surface area (TPSA) is 54.0 Å². The second kappa shape index (κ2) is 7.23. The molecule has 0 aliphatic rings. The average molecular weight is 278 g/mol. The largest absolute Gasteiger partial charge is 0.496 e. The van der Waals surface area contributed by atoms with E-state index in [9.17, 15) is 0 Å². The lowest BCUT2D eigenvalue weighted by Gasteiger charge is -2.15. The van der Waals surface area contributed by atoms with Gasteiger partial charge in [-0.2, -0.15) is 0 Å². The third-order valence-corrected chi connectivity index (χ3v) is 2.89. The first-order valence-electron chi connectivity index (χ1n) is 5.81. The lowest BCUT2D eigenvalue weighted by Crippen LogP contribution is -1.95. The third-order valence-electron chi connectivity index (χ3n) is 2.89. The van der Waals surface area contributed by atoms with Crippen molar-refractivity contribution in [3.8, 4) is 23.0 Å². The SMILES string of the molecule is C=O.COc1ccc(OC)c2c(OC)ccc(OC)c12. The van der Waals surface area contributed by atoms with Crippen molar-refractivity contribution in [1.29, 1.82) is 0 Å². The van der Waals surface area contributed by atoms with Crippen molar-refractivity contribution < 1.29 is 23.7 Å². The van der Waals surface area contributed by atoms with E-state index in [0.29, 0.717) is 0 Å². The summed E-state index contributed by atoms with van der Waals surface area (Å²) >= 11 is 0. The Morgan fingerprint density at radius 3 is 0.950 bits per heavy atom. The fourth-order valence-corrected chi connectivity index (χ4v) is 2.05. The maximum absolute atomic E-state index is 8.00. The van der Waals surface area contributed by atoms with Crippen molar-refractivity contribution in [2.75, 3.05) is 28.4 Å². The summed E-state index contributed by atoms with van der Waals surface area (Å²) in [7, 11) is 6.50. The zero-order valence-corrected chi connectivity index (χ0v) is 12.1. The van der Waals surface area contributed by atoms with Gasteiger partial charge in [-0.3, -0.25) is 0 Å². The standard InChI is InChI=1S/C14H16O4.CH2O/c1-15-9-5-6-11(17-3)14-12(18-4)8-7-10(16-2)13(9)14;1-2/h5-8H,1-4H3;1H2. The van der Waals surface area contributed by atoms with E-state index >= 15 is 0 Å². The first-order chi connectivity index (χ1) is 9.76. The molecule has 0 atom stereocenters. The summed E-state index contributed by atoms with van der Waals surface area (Å²) in [6.45, 7) is 2.00. The van der Waals surface area contributed by atoms with Gasteiger partial charge >= 0.3 is 0 Å². The molecular formula is C15H18O5. The van der Waals surface area contributed by atoms with E-state index in [1.165, 1.54) is 0 Å². The smallest absolute Gasteiger partial charge is 0.130 e. The van der Waals surface area contributed by atoms with Crippen LogP contribution in [0, 0.1) is 0 Å². The Bertz CT molecular complexity index is 483. The van der Waals surface area contributed by atoms with Crippen molar-refractivity contribution in [3.63, 3.8) is 0 Å². The first-order valence-corrected chi connectivity index (χ1v) is 5.81. The Balaban J connectivity index is 0.000000956. The van der Waals surface area contributed by atoms with Crippen LogP contribution in [-0.4, -0.2) is 35.2 Å². The molecule has 0 spiro atoms. The summed E-state index contributed by atoms with van der Waals surface area (Å²) in [4.78, 5) is 8.00. The number of hydrogen-bond donors (Lipinski definition) is 0. The second-order valence-corrected chi connectivity index (χ2v) is 3.69. The summed E-state index contributed by atoms with van der Waals surface area (Å²) in [6, 6.07) is 7.40. The van der Waals surface area contributed by atoms with E-state index < -0.39 is 0 Å². The molecule has 0 saturated carbocycles. The normalized spacial score (nSPS) is 9.40. The molecule has 2 rings (SSSR count). The van der Waals surface area contributed by atoms with Crippen LogP contribution in [-0.2, 0) is 4.79 Å². The minimum absolute atomic E-state index is 0.724. The van der Waals surface area contributed by atoms with E-state index in [-0.39, 0.29) is 0 Å². The first kappa shape index (κ1) is 15.6. The van der Waals surface area contributed by atoms with Gasteiger partial charge in [0.1, 0.15) is 29.8 Å². The molecule has 0 amide bonds. The number of benzene rings is 2. The molecular weight excluding hydrogens is 260 g/mol. The minimum Gasteiger partial charge on any atom is -0.496 e. The molecule has 2 aromatic rings. The van der Waals surface area contributed by atoms with Gasteiger partial charge in [-0.25, -0.2) is 0 Å². The molecule has 0 aliphatic heterocycles. The molecule has 20 heavy (non-hydrogen) atoms. The van der Waals surface area contributed by atoms with Crippen LogP contribution >= 0.6 is 0 Å². The van der Waals surface area contributed by atoms with Gasteiger partial charge in [0.15, 0.2) is 0 Å². The summed E-state index contributed by atoms with van der Waals surface area (Å²) in [6.07, 6.45) is 0. The molecule has 0 heterocycles. The van der Waals surface area contributed by atoms with Gasteiger partial charge in [-0.05, 0) is 24.3 Å². The Labute approximate surface area is 118 Å².